The molecule has 1 N–H and O–H groups in total. The molecular weight excluding hydrogens is 324 g/mol. The Morgan fingerprint density at radius 3 is 2.74 bits per heavy atom. The van der Waals surface area contributed by atoms with Gasteiger partial charge in [-0.25, -0.2) is 0 Å². The number of aromatic nitrogens is 1. The normalized spacial score (nSPS) is 10.8. The molecule has 23 heavy (non-hydrogen) atoms. The second kappa shape index (κ2) is 5.95. The van der Waals surface area contributed by atoms with Gasteiger partial charge >= 0.3 is 0 Å². The summed E-state index contributed by atoms with van der Waals surface area (Å²) in [5, 5.41) is 7.98. The van der Waals surface area contributed by atoms with Crippen LogP contribution in [0.2, 0.25) is 0 Å². The SMILES string of the molecule is O=C(Nc1cccc2cccnc12)c1sccc1-c1cccs1. The minimum Gasteiger partial charge on any atom is -0.319 e. The van der Waals surface area contributed by atoms with Gasteiger partial charge in [-0.15, -0.1) is 22.7 Å². The van der Waals surface area contributed by atoms with E-state index in [2.05, 4.69) is 10.3 Å². The Labute approximate surface area is 141 Å². The minimum absolute atomic E-state index is 0.0958. The number of anilines is 1. The molecule has 1 amide bonds. The molecule has 0 aliphatic heterocycles. The molecule has 0 radical (unpaired) electrons. The maximum Gasteiger partial charge on any atom is 0.266 e. The van der Waals surface area contributed by atoms with Gasteiger partial charge in [0.25, 0.3) is 5.91 Å². The minimum atomic E-state index is -0.0958. The van der Waals surface area contributed by atoms with Gasteiger partial charge in [0.1, 0.15) is 4.88 Å². The molecular formula is C18H12N2OS2. The zero-order valence-electron chi connectivity index (χ0n) is 12.0. The summed E-state index contributed by atoms with van der Waals surface area (Å²) < 4.78 is 0. The molecule has 0 saturated heterocycles. The molecule has 0 saturated carbocycles. The van der Waals surface area contributed by atoms with E-state index in [0.29, 0.717) is 0 Å². The van der Waals surface area contributed by atoms with Gasteiger partial charge < -0.3 is 5.32 Å². The third-order valence-electron chi connectivity index (χ3n) is 3.54. The summed E-state index contributed by atoms with van der Waals surface area (Å²) in [4.78, 5) is 18.9. The van der Waals surface area contributed by atoms with Gasteiger partial charge in [-0.2, -0.15) is 0 Å². The molecule has 3 aromatic heterocycles. The third kappa shape index (κ3) is 2.65. The van der Waals surface area contributed by atoms with Crippen LogP contribution in [-0.2, 0) is 0 Å². The van der Waals surface area contributed by atoms with Gasteiger partial charge in [-0.05, 0) is 35.0 Å². The van der Waals surface area contributed by atoms with Gasteiger partial charge in [-0.1, -0.05) is 24.3 Å². The van der Waals surface area contributed by atoms with E-state index < -0.39 is 0 Å². The summed E-state index contributed by atoms with van der Waals surface area (Å²) in [5.41, 5.74) is 2.52. The van der Waals surface area contributed by atoms with Crippen molar-refractivity contribution in [3.05, 3.63) is 70.4 Å². The summed E-state index contributed by atoms with van der Waals surface area (Å²) in [6.45, 7) is 0. The van der Waals surface area contributed by atoms with E-state index in [0.717, 1.165) is 31.9 Å². The number of carbonyl (C=O) groups is 1. The molecule has 0 fully saturated rings. The molecule has 0 aliphatic carbocycles. The summed E-state index contributed by atoms with van der Waals surface area (Å²) in [7, 11) is 0. The lowest BCUT2D eigenvalue weighted by atomic mass is 10.1. The first-order valence-corrected chi connectivity index (χ1v) is 8.85. The number of rotatable bonds is 3. The number of amides is 1. The van der Waals surface area contributed by atoms with Crippen molar-refractivity contribution >= 4 is 45.2 Å². The van der Waals surface area contributed by atoms with Crippen molar-refractivity contribution in [2.75, 3.05) is 5.32 Å². The highest BCUT2D eigenvalue weighted by molar-refractivity contribution is 7.15. The number of hydrogen-bond donors (Lipinski definition) is 1. The van der Waals surface area contributed by atoms with Crippen LogP contribution in [-0.4, -0.2) is 10.9 Å². The number of pyridine rings is 1. The zero-order valence-corrected chi connectivity index (χ0v) is 13.7. The Bertz CT molecular complexity index is 968. The molecule has 0 bridgehead atoms. The fourth-order valence-corrected chi connectivity index (χ4v) is 4.12. The quantitative estimate of drug-likeness (QED) is 0.553. The maximum absolute atomic E-state index is 12.7. The third-order valence-corrected chi connectivity index (χ3v) is 5.36. The summed E-state index contributed by atoms with van der Waals surface area (Å²) in [6.07, 6.45) is 1.74. The van der Waals surface area contributed by atoms with Crippen LogP contribution < -0.4 is 5.32 Å². The highest BCUT2D eigenvalue weighted by Gasteiger charge is 2.16. The molecule has 3 nitrogen and oxygen atoms in total. The lowest BCUT2D eigenvalue weighted by molar-refractivity contribution is 0.103. The molecule has 112 valence electrons. The van der Waals surface area contributed by atoms with Crippen LogP contribution >= 0.6 is 22.7 Å². The van der Waals surface area contributed by atoms with E-state index in [-0.39, 0.29) is 5.91 Å². The van der Waals surface area contributed by atoms with Crippen molar-refractivity contribution in [3.63, 3.8) is 0 Å². The lowest BCUT2D eigenvalue weighted by Crippen LogP contribution is -2.11. The number of fused-ring (bicyclic) bond motifs is 1. The van der Waals surface area contributed by atoms with Gasteiger partial charge in [0.05, 0.1) is 11.2 Å². The maximum atomic E-state index is 12.7. The van der Waals surface area contributed by atoms with Crippen molar-refractivity contribution in [2.45, 2.75) is 0 Å². The average molecular weight is 336 g/mol. The zero-order chi connectivity index (χ0) is 15.6. The Hall–Kier alpha value is -2.50. The molecule has 5 heteroatoms. The van der Waals surface area contributed by atoms with Gasteiger partial charge in [0.15, 0.2) is 0 Å². The smallest absolute Gasteiger partial charge is 0.266 e. The number of carbonyl (C=O) groups excluding carboxylic acids is 1. The predicted molar refractivity (Wildman–Crippen MR) is 97.3 cm³/mol. The number of para-hydroxylation sites is 1. The van der Waals surface area contributed by atoms with E-state index in [1.54, 1.807) is 17.5 Å². The average Bonchev–Trinajstić information content (AvgIpc) is 3.26. The van der Waals surface area contributed by atoms with Crippen LogP contribution in [0.3, 0.4) is 0 Å². The topological polar surface area (TPSA) is 42.0 Å². The lowest BCUT2D eigenvalue weighted by Gasteiger charge is -2.08. The summed E-state index contributed by atoms with van der Waals surface area (Å²) >= 11 is 3.09. The van der Waals surface area contributed by atoms with E-state index in [4.69, 9.17) is 0 Å². The Morgan fingerprint density at radius 2 is 1.87 bits per heavy atom. The Balaban J connectivity index is 1.70. The van der Waals surface area contributed by atoms with Crippen LogP contribution in [0.15, 0.2) is 65.5 Å². The van der Waals surface area contributed by atoms with Crippen molar-refractivity contribution in [1.29, 1.82) is 0 Å². The Morgan fingerprint density at radius 1 is 0.957 bits per heavy atom. The molecule has 4 rings (SSSR count). The van der Waals surface area contributed by atoms with Gasteiger partial charge in [0, 0.05) is 22.0 Å². The van der Waals surface area contributed by atoms with Crippen molar-refractivity contribution in [2.24, 2.45) is 0 Å². The molecule has 0 unspecified atom stereocenters. The summed E-state index contributed by atoms with van der Waals surface area (Å²) in [5.74, 6) is -0.0958. The second-order valence-electron chi connectivity index (χ2n) is 4.98. The first-order valence-electron chi connectivity index (χ1n) is 7.09. The first-order chi connectivity index (χ1) is 11.3. The summed E-state index contributed by atoms with van der Waals surface area (Å²) in [6, 6.07) is 15.7. The monoisotopic (exact) mass is 336 g/mol. The first kappa shape index (κ1) is 14.1. The Kier molecular flexibility index (Phi) is 3.65. The molecule has 0 atom stereocenters. The molecule has 3 heterocycles. The van der Waals surface area contributed by atoms with E-state index in [1.807, 2.05) is 59.3 Å². The molecule has 4 aromatic rings. The number of hydrogen-bond acceptors (Lipinski definition) is 4. The number of nitrogens with zero attached hydrogens (tertiary/aromatic N) is 1. The number of thiophene rings is 2. The van der Waals surface area contributed by atoms with E-state index >= 15 is 0 Å². The predicted octanol–water partition coefficient (Wildman–Crippen LogP) is 5.28. The highest BCUT2D eigenvalue weighted by Crippen LogP contribution is 2.32. The molecule has 0 spiro atoms. The van der Waals surface area contributed by atoms with E-state index in [1.165, 1.54) is 11.3 Å². The van der Waals surface area contributed by atoms with Crippen molar-refractivity contribution in [1.82, 2.24) is 4.98 Å². The highest BCUT2D eigenvalue weighted by atomic mass is 32.1. The van der Waals surface area contributed by atoms with Gasteiger partial charge in [0.2, 0.25) is 0 Å². The van der Waals surface area contributed by atoms with Crippen LogP contribution in [0.1, 0.15) is 9.67 Å². The van der Waals surface area contributed by atoms with Crippen molar-refractivity contribution < 1.29 is 4.79 Å². The second-order valence-corrected chi connectivity index (χ2v) is 6.84. The molecule has 1 aromatic carbocycles. The standard InChI is InChI=1S/C18H12N2OS2/c21-18(17-13(8-11-23-17)15-7-3-10-22-15)20-14-6-1-4-12-5-2-9-19-16(12)14/h1-11H,(H,20,21). The van der Waals surface area contributed by atoms with Crippen LogP contribution in [0.4, 0.5) is 5.69 Å². The number of benzene rings is 1. The van der Waals surface area contributed by atoms with E-state index in [9.17, 15) is 4.79 Å². The van der Waals surface area contributed by atoms with Gasteiger partial charge in [-0.3, -0.25) is 9.78 Å². The molecule has 0 aliphatic rings. The largest absolute Gasteiger partial charge is 0.319 e. The van der Waals surface area contributed by atoms with Crippen LogP contribution in [0.5, 0.6) is 0 Å². The van der Waals surface area contributed by atoms with Crippen LogP contribution in [0, 0.1) is 0 Å². The fraction of sp³-hybridized carbons (Fsp3) is 0. The van der Waals surface area contributed by atoms with Crippen LogP contribution in [0.25, 0.3) is 21.3 Å². The number of nitrogens with one attached hydrogen (secondary N) is 1. The fourth-order valence-electron chi connectivity index (χ4n) is 2.50. The van der Waals surface area contributed by atoms with Crippen molar-refractivity contribution in [3.8, 4) is 10.4 Å².